The number of amides is 1. The molecule has 1 aromatic rings. The topological polar surface area (TPSA) is 40.5 Å². The van der Waals surface area contributed by atoms with E-state index in [1.54, 1.807) is 16.2 Å². The second kappa shape index (κ2) is 5.86. The fraction of sp³-hybridized carbons (Fsp3) is 0.688. The van der Waals surface area contributed by atoms with Crippen molar-refractivity contribution in [2.45, 2.75) is 63.5 Å². The molecule has 1 amide bonds. The Kier molecular flexibility index (Phi) is 4.13. The molecule has 1 heterocycles. The van der Waals surface area contributed by atoms with Gasteiger partial charge in [-0.1, -0.05) is 12.8 Å². The zero-order valence-corrected chi connectivity index (χ0v) is 12.9. The van der Waals surface area contributed by atoms with E-state index in [-0.39, 0.29) is 18.1 Å². The molecule has 0 aromatic carbocycles. The van der Waals surface area contributed by atoms with Gasteiger partial charge >= 0.3 is 0 Å². The summed E-state index contributed by atoms with van der Waals surface area (Å²) < 4.78 is 0. The average Bonchev–Trinajstić information content (AvgIpc) is 2.90. The number of aliphatic hydroxyl groups is 1. The molecule has 1 fully saturated rings. The minimum absolute atomic E-state index is 0.00428. The average molecular weight is 293 g/mol. The quantitative estimate of drug-likeness (QED) is 0.910. The van der Waals surface area contributed by atoms with Gasteiger partial charge in [-0.2, -0.15) is 0 Å². The Balaban J connectivity index is 1.75. The first kappa shape index (κ1) is 14.1. The number of carbonyl (C=O) groups is 1. The molecule has 0 bridgehead atoms. The smallest absolute Gasteiger partial charge is 0.264 e. The molecule has 4 heteroatoms. The Morgan fingerprint density at radius 2 is 2.00 bits per heavy atom. The first-order chi connectivity index (χ1) is 9.66. The Labute approximate surface area is 124 Å². The van der Waals surface area contributed by atoms with Crippen LogP contribution in [0.4, 0.5) is 0 Å². The molecule has 1 N–H and O–H groups in total. The van der Waals surface area contributed by atoms with Crippen LogP contribution < -0.4 is 0 Å². The molecule has 0 spiro atoms. The van der Waals surface area contributed by atoms with Crippen LogP contribution >= 0.6 is 11.3 Å². The molecule has 2 aliphatic rings. The normalized spacial score (nSPS) is 26.1. The van der Waals surface area contributed by atoms with Crippen LogP contribution in [-0.2, 0) is 12.8 Å². The third-order valence-electron chi connectivity index (χ3n) is 4.72. The highest BCUT2D eigenvalue weighted by Crippen LogP contribution is 2.31. The van der Waals surface area contributed by atoms with Gasteiger partial charge in [-0.25, -0.2) is 0 Å². The molecule has 1 saturated carbocycles. The number of aliphatic hydroxyl groups excluding tert-OH is 1. The van der Waals surface area contributed by atoms with E-state index in [4.69, 9.17) is 0 Å². The number of hydrogen-bond donors (Lipinski definition) is 1. The van der Waals surface area contributed by atoms with E-state index in [0.717, 1.165) is 43.4 Å². The molecule has 2 aliphatic carbocycles. The Bertz CT molecular complexity index is 473. The number of aryl methyl sites for hydroxylation is 2. The largest absolute Gasteiger partial charge is 0.391 e. The van der Waals surface area contributed by atoms with Crippen molar-refractivity contribution in [3.05, 3.63) is 21.4 Å². The van der Waals surface area contributed by atoms with Crippen LogP contribution in [0.1, 0.15) is 58.6 Å². The van der Waals surface area contributed by atoms with Gasteiger partial charge in [0.2, 0.25) is 0 Å². The predicted molar refractivity (Wildman–Crippen MR) is 81.3 cm³/mol. The van der Waals surface area contributed by atoms with Gasteiger partial charge in [0.05, 0.1) is 17.0 Å². The van der Waals surface area contributed by atoms with Crippen molar-refractivity contribution in [3.63, 3.8) is 0 Å². The van der Waals surface area contributed by atoms with Gasteiger partial charge in [-0.3, -0.25) is 4.79 Å². The Morgan fingerprint density at radius 1 is 1.25 bits per heavy atom. The zero-order valence-electron chi connectivity index (χ0n) is 12.1. The Morgan fingerprint density at radius 3 is 2.75 bits per heavy atom. The molecule has 3 nitrogen and oxygen atoms in total. The van der Waals surface area contributed by atoms with Crippen molar-refractivity contribution in [1.29, 1.82) is 0 Å². The van der Waals surface area contributed by atoms with Crippen molar-refractivity contribution >= 4 is 17.2 Å². The fourth-order valence-corrected chi connectivity index (χ4v) is 4.70. The van der Waals surface area contributed by atoms with E-state index >= 15 is 0 Å². The number of fused-ring (bicyclic) bond motifs is 1. The maximum Gasteiger partial charge on any atom is 0.264 e. The van der Waals surface area contributed by atoms with Gasteiger partial charge in [0.1, 0.15) is 0 Å². The van der Waals surface area contributed by atoms with Gasteiger partial charge in [0, 0.05) is 11.9 Å². The molecular formula is C16H23NO2S. The van der Waals surface area contributed by atoms with E-state index in [0.29, 0.717) is 0 Å². The molecule has 0 saturated heterocycles. The van der Waals surface area contributed by atoms with Gasteiger partial charge in [0.15, 0.2) is 0 Å². The van der Waals surface area contributed by atoms with E-state index in [1.807, 2.05) is 7.05 Å². The standard InChI is InChI=1S/C16H23NO2S/c1-17(12-7-3-4-8-13(12)18)16(19)15-10-11-6-2-5-9-14(11)20-15/h10,12-13,18H,2-9H2,1H3. The molecular weight excluding hydrogens is 270 g/mol. The molecule has 20 heavy (non-hydrogen) atoms. The molecule has 0 radical (unpaired) electrons. The summed E-state index contributed by atoms with van der Waals surface area (Å²) in [5, 5.41) is 10.1. The summed E-state index contributed by atoms with van der Waals surface area (Å²) in [6.45, 7) is 0. The molecule has 110 valence electrons. The van der Waals surface area contributed by atoms with Gasteiger partial charge < -0.3 is 10.0 Å². The van der Waals surface area contributed by atoms with E-state index in [1.165, 1.54) is 23.3 Å². The lowest BCUT2D eigenvalue weighted by Crippen LogP contribution is -2.46. The van der Waals surface area contributed by atoms with Gasteiger partial charge in [-0.15, -0.1) is 11.3 Å². The fourth-order valence-electron chi connectivity index (χ4n) is 3.46. The SMILES string of the molecule is CN(C(=O)c1cc2c(s1)CCCC2)C1CCCCC1O. The van der Waals surface area contributed by atoms with Crippen LogP contribution in [0.25, 0.3) is 0 Å². The first-order valence-electron chi connectivity index (χ1n) is 7.73. The Hall–Kier alpha value is -0.870. The lowest BCUT2D eigenvalue weighted by atomic mass is 9.91. The highest BCUT2D eigenvalue weighted by Gasteiger charge is 2.30. The number of likely N-dealkylation sites (N-methyl/N-ethyl adjacent to an activating group) is 1. The van der Waals surface area contributed by atoms with Crippen molar-refractivity contribution in [1.82, 2.24) is 4.90 Å². The first-order valence-corrected chi connectivity index (χ1v) is 8.55. The van der Waals surface area contributed by atoms with Gasteiger partial charge in [0.25, 0.3) is 5.91 Å². The second-order valence-electron chi connectivity index (χ2n) is 6.10. The number of nitrogens with zero attached hydrogens (tertiary/aromatic N) is 1. The third-order valence-corrected chi connectivity index (χ3v) is 5.94. The van der Waals surface area contributed by atoms with Crippen LogP contribution in [0.3, 0.4) is 0 Å². The van der Waals surface area contributed by atoms with E-state index in [2.05, 4.69) is 6.07 Å². The maximum absolute atomic E-state index is 12.6. The molecule has 0 aliphatic heterocycles. The summed E-state index contributed by atoms with van der Waals surface area (Å²) in [4.78, 5) is 16.7. The summed E-state index contributed by atoms with van der Waals surface area (Å²) in [5.74, 6) is 0.0929. The highest BCUT2D eigenvalue weighted by atomic mass is 32.1. The van der Waals surface area contributed by atoms with Crippen LogP contribution in [0, 0.1) is 0 Å². The van der Waals surface area contributed by atoms with E-state index < -0.39 is 0 Å². The lowest BCUT2D eigenvalue weighted by molar-refractivity contribution is 0.0271. The zero-order chi connectivity index (χ0) is 14.1. The maximum atomic E-state index is 12.6. The number of thiophene rings is 1. The number of hydrogen-bond acceptors (Lipinski definition) is 3. The van der Waals surface area contributed by atoms with Crippen LogP contribution in [0.2, 0.25) is 0 Å². The summed E-state index contributed by atoms with van der Waals surface area (Å²) >= 11 is 1.66. The summed E-state index contributed by atoms with van der Waals surface area (Å²) in [5.41, 5.74) is 1.38. The monoisotopic (exact) mass is 293 g/mol. The van der Waals surface area contributed by atoms with Crippen molar-refractivity contribution < 1.29 is 9.90 Å². The molecule has 2 atom stereocenters. The minimum atomic E-state index is -0.354. The van der Waals surface area contributed by atoms with Crippen molar-refractivity contribution in [2.75, 3.05) is 7.05 Å². The number of carbonyl (C=O) groups excluding carboxylic acids is 1. The minimum Gasteiger partial charge on any atom is -0.391 e. The van der Waals surface area contributed by atoms with E-state index in [9.17, 15) is 9.90 Å². The van der Waals surface area contributed by atoms with Crippen molar-refractivity contribution in [2.24, 2.45) is 0 Å². The summed E-state index contributed by atoms with van der Waals surface area (Å²) in [6.07, 6.45) is 8.32. The highest BCUT2D eigenvalue weighted by molar-refractivity contribution is 7.14. The summed E-state index contributed by atoms with van der Waals surface area (Å²) in [6, 6.07) is 2.09. The molecule has 2 unspecified atom stereocenters. The van der Waals surface area contributed by atoms with Crippen LogP contribution in [0.15, 0.2) is 6.07 Å². The lowest BCUT2D eigenvalue weighted by Gasteiger charge is -2.34. The van der Waals surface area contributed by atoms with Crippen molar-refractivity contribution in [3.8, 4) is 0 Å². The molecule has 3 rings (SSSR count). The van der Waals surface area contributed by atoms with Gasteiger partial charge in [-0.05, 0) is 50.2 Å². The second-order valence-corrected chi connectivity index (χ2v) is 7.24. The number of rotatable bonds is 2. The summed E-state index contributed by atoms with van der Waals surface area (Å²) in [7, 11) is 1.85. The molecule has 1 aromatic heterocycles. The third kappa shape index (κ3) is 2.63. The van der Waals surface area contributed by atoms with Crippen LogP contribution in [0.5, 0.6) is 0 Å². The van der Waals surface area contributed by atoms with Crippen LogP contribution in [-0.4, -0.2) is 35.1 Å². The predicted octanol–water partition coefficient (Wildman–Crippen LogP) is 3.00.